The Morgan fingerprint density at radius 1 is 1.71 bits per heavy atom. The molecule has 0 saturated carbocycles. The first-order valence-corrected chi connectivity index (χ1v) is 4.37. The van der Waals surface area contributed by atoms with Crippen LogP contribution in [0.2, 0.25) is 0 Å². The first-order valence-electron chi connectivity index (χ1n) is 4.37. The van der Waals surface area contributed by atoms with E-state index in [2.05, 4.69) is 4.98 Å². The molecule has 0 amide bonds. The van der Waals surface area contributed by atoms with Crippen molar-refractivity contribution in [1.29, 1.82) is 0 Å². The van der Waals surface area contributed by atoms with E-state index in [1.165, 1.54) is 19.4 Å². The van der Waals surface area contributed by atoms with Crippen LogP contribution in [0.1, 0.15) is 23.7 Å². The lowest BCUT2D eigenvalue weighted by atomic mass is 10.1. The van der Waals surface area contributed by atoms with Crippen LogP contribution < -0.4 is 0 Å². The molecule has 0 aliphatic carbocycles. The number of nitrogens with zero attached hydrogens (tertiary/aromatic N) is 1. The van der Waals surface area contributed by atoms with Crippen molar-refractivity contribution in [2.45, 2.75) is 19.4 Å². The van der Waals surface area contributed by atoms with E-state index in [-0.39, 0.29) is 11.3 Å². The van der Waals surface area contributed by atoms with E-state index < -0.39 is 11.9 Å². The fourth-order valence-electron chi connectivity index (χ4n) is 1.21. The largest absolute Gasteiger partial charge is 0.373 e. The normalized spacial score (nSPS) is 12.5. The molecule has 3 nitrogen and oxygen atoms in total. The molecule has 76 valence electrons. The Labute approximate surface area is 81.9 Å². The highest BCUT2D eigenvalue weighted by molar-refractivity contribution is 5.99. The topological polar surface area (TPSA) is 39.2 Å². The molecule has 0 bridgehead atoms. The number of ketones is 1. The molecule has 0 fully saturated rings. The van der Waals surface area contributed by atoms with Crippen LogP contribution in [0.5, 0.6) is 0 Å². The fourth-order valence-corrected chi connectivity index (χ4v) is 1.21. The van der Waals surface area contributed by atoms with E-state index in [1.807, 2.05) is 6.92 Å². The summed E-state index contributed by atoms with van der Waals surface area (Å²) in [5, 5.41) is 0. The maximum atomic E-state index is 13.1. The van der Waals surface area contributed by atoms with Crippen LogP contribution in [0.3, 0.4) is 0 Å². The molecule has 0 aliphatic rings. The monoisotopic (exact) mass is 197 g/mol. The highest BCUT2D eigenvalue weighted by Crippen LogP contribution is 2.11. The third kappa shape index (κ3) is 2.14. The zero-order valence-corrected chi connectivity index (χ0v) is 8.16. The number of aromatic nitrogens is 1. The summed E-state index contributed by atoms with van der Waals surface area (Å²) in [6, 6.07) is 1.36. The SMILES string of the molecule is CCC(OC)C(=O)c1ccncc1F. The van der Waals surface area contributed by atoms with Crippen LogP contribution in [0.15, 0.2) is 18.5 Å². The van der Waals surface area contributed by atoms with Crippen molar-refractivity contribution in [1.82, 2.24) is 4.98 Å². The van der Waals surface area contributed by atoms with Gasteiger partial charge in [0.05, 0.1) is 11.8 Å². The number of hydrogen-bond donors (Lipinski definition) is 0. The van der Waals surface area contributed by atoms with E-state index in [0.717, 1.165) is 6.20 Å². The van der Waals surface area contributed by atoms with Crippen LogP contribution in [-0.4, -0.2) is 24.0 Å². The molecule has 1 heterocycles. The molecule has 1 atom stereocenters. The van der Waals surface area contributed by atoms with Gasteiger partial charge in [-0.25, -0.2) is 4.39 Å². The quantitative estimate of drug-likeness (QED) is 0.691. The third-order valence-electron chi connectivity index (χ3n) is 1.99. The van der Waals surface area contributed by atoms with Gasteiger partial charge in [0.1, 0.15) is 6.10 Å². The number of carbonyl (C=O) groups excluding carboxylic acids is 1. The lowest BCUT2D eigenvalue weighted by Gasteiger charge is -2.11. The number of rotatable bonds is 4. The number of methoxy groups -OCH3 is 1. The smallest absolute Gasteiger partial charge is 0.194 e. The molecule has 1 aromatic rings. The summed E-state index contributed by atoms with van der Waals surface area (Å²) >= 11 is 0. The van der Waals surface area contributed by atoms with Gasteiger partial charge in [-0.3, -0.25) is 9.78 Å². The first kappa shape index (κ1) is 10.8. The molecule has 1 rings (SSSR count). The van der Waals surface area contributed by atoms with Crippen molar-refractivity contribution in [3.05, 3.63) is 29.8 Å². The number of hydrogen-bond acceptors (Lipinski definition) is 3. The summed E-state index contributed by atoms with van der Waals surface area (Å²) in [6.07, 6.45) is 2.36. The van der Waals surface area contributed by atoms with E-state index in [9.17, 15) is 9.18 Å². The van der Waals surface area contributed by atoms with Crippen LogP contribution in [-0.2, 0) is 4.74 Å². The Kier molecular flexibility index (Phi) is 3.71. The van der Waals surface area contributed by atoms with E-state index in [4.69, 9.17) is 4.74 Å². The molecule has 1 aromatic heterocycles. The minimum Gasteiger partial charge on any atom is -0.373 e. The van der Waals surface area contributed by atoms with Crippen molar-refractivity contribution in [2.75, 3.05) is 7.11 Å². The van der Waals surface area contributed by atoms with Gasteiger partial charge >= 0.3 is 0 Å². The number of Topliss-reactive ketones (excluding diaryl/α,β-unsaturated/α-hetero) is 1. The average Bonchev–Trinajstić information content (AvgIpc) is 2.20. The highest BCUT2D eigenvalue weighted by Gasteiger charge is 2.20. The van der Waals surface area contributed by atoms with Crippen molar-refractivity contribution >= 4 is 5.78 Å². The van der Waals surface area contributed by atoms with Crippen LogP contribution in [0.4, 0.5) is 4.39 Å². The Morgan fingerprint density at radius 3 is 2.93 bits per heavy atom. The zero-order valence-electron chi connectivity index (χ0n) is 8.16. The molecule has 0 spiro atoms. The van der Waals surface area contributed by atoms with E-state index in [0.29, 0.717) is 6.42 Å². The Morgan fingerprint density at radius 2 is 2.43 bits per heavy atom. The van der Waals surface area contributed by atoms with Gasteiger partial charge in [-0.05, 0) is 12.5 Å². The summed E-state index contributed by atoms with van der Waals surface area (Å²) in [4.78, 5) is 15.2. The van der Waals surface area contributed by atoms with E-state index in [1.54, 1.807) is 0 Å². The van der Waals surface area contributed by atoms with Gasteiger partial charge in [0.15, 0.2) is 11.6 Å². The summed E-state index contributed by atoms with van der Waals surface area (Å²) in [5.74, 6) is -0.942. The van der Waals surface area contributed by atoms with Gasteiger partial charge in [0, 0.05) is 13.3 Å². The molecule has 0 aliphatic heterocycles. The molecule has 0 saturated heterocycles. The van der Waals surface area contributed by atoms with Crippen LogP contribution >= 0.6 is 0 Å². The average molecular weight is 197 g/mol. The molecule has 0 aromatic carbocycles. The molecule has 0 N–H and O–H groups in total. The van der Waals surface area contributed by atoms with Gasteiger partial charge < -0.3 is 4.74 Å². The summed E-state index contributed by atoms with van der Waals surface area (Å²) in [7, 11) is 1.44. The fraction of sp³-hybridized carbons (Fsp3) is 0.400. The lowest BCUT2D eigenvalue weighted by Crippen LogP contribution is -2.23. The number of pyridine rings is 1. The second-order valence-corrected chi connectivity index (χ2v) is 2.85. The van der Waals surface area contributed by atoms with Crippen molar-refractivity contribution in [3.8, 4) is 0 Å². The molecule has 14 heavy (non-hydrogen) atoms. The molecule has 1 unspecified atom stereocenters. The predicted octanol–water partition coefficient (Wildman–Crippen LogP) is 1.83. The van der Waals surface area contributed by atoms with Crippen LogP contribution in [0, 0.1) is 5.82 Å². The Hall–Kier alpha value is -1.29. The predicted molar refractivity (Wildman–Crippen MR) is 49.6 cm³/mol. The number of ether oxygens (including phenoxy) is 1. The standard InChI is InChI=1S/C10H12FNO2/c1-3-9(14-2)10(13)7-4-5-12-6-8(7)11/h4-6,9H,3H2,1-2H3. The molecule has 0 radical (unpaired) electrons. The maximum Gasteiger partial charge on any atom is 0.194 e. The Balaban J connectivity index is 2.94. The second-order valence-electron chi connectivity index (χ2n) is 2.85. The number of carbonyl (C=O) groups is 1. The molecular weight excluding hydrogens is 185 g/mol. The van der Waals surface area contributed by atoms with Gasteiger partial charge in [-0.1, -0.05) is 6.92 Å². The minimum absolute atomic E-state index is 0.0358. The maximum absolute atomic E-state index is 13.1. The zero-order chi connectivity index (χ0) is 10.6. The van der Waals surface area contributed by atoms with Crippen molar-refractivity contribution in [2.24, 2.45) is 0 Å². The van der Waals surface area contributed by atoms with Gasteiger partial charge in [-0.2, -0.15) is 0 Å². The second kappa shape index (κ2) is 4.81. The number of halogens is 1. The Bertz CT molecular complexity index is 324. The first-order chi connectivity index (χ1) is 6.70. The minimum atomic E-state index is -0.604. The summed E-state index contributed by atoms with van der Waals surface area (Å²) in [5.41, 5.74) is 0.0358. The summed E-state index contributed by atoms with van der Waals surface area (Å²) < 4.78 is 18.1. The third-order valence-corrected chi connectivity index (χ3v) is 1.99. The van der Waals surface area contributed by atoms with Gasteiger partial charge in [0.25, 0.3) is 0 Å². The van der Waals surface area contributed by atoms with Crippen molar-refractivity contribution in [3.63, 3.8) is 0 Å². The van der Waals surface area contributed by atoms with Crippen molar-refractivity contribution < 1.29 is 13.9 Å². The molecular formula is C10H12FNO2. The highest BCUT2D eigenvalue weighted by atomic mass is 19.1. The van der Waals surface area contributed by atoms with Gasteiger partial charge in [0.2, 0.25) is 0 Å². The molecule has 4 heteroatoms. The van der Waals surface area contributed by atoms with Crippen LogP contribution in [0.25, 0.3) is 0 Å². The van der Waals surface area contributed by atoms with Gasteiger partial charge in [-0.15, -0.1) is 0 Å². The van der Waals surface area contributed by atoms with E-state index >= 15 is 0 Å². The lowest BCUT2D eigenvalue weighted by molar-refractivity contribution is 0.0591. The summed E-state index contributed by atoms with van der Waals surface area (Å²) in [6.45, 7) is 1.81.